The van der Waals surface area contributed by atoms with Crippen LogP contribution in [-0.2, 0) is 4.79 Å². The fourth-order valence-corrected chi connectivity index (χ4v) is 3.46. The summed E-state index contributed by atoms with van der Waals surface area (Å²) in [4.78, 5) is 18.0. The fraction of sp³-hybridized carbons (Fsp3) is 0.900. The number of hydrogen-bond acceptors (Lipinski definition) is 3. The van der Waals surface area contributed by atoms with E-state index < -0.39 is 0 Å². The van der Waals surface area contributed by atoms with Crippen LogP contribution in [-0.4, -0.2) is 56.5 Å². The Morgan fingerprint density at radius 3 is 2.44 bits per heavy atom. The van der Waals surface area contributed by atoms with Crippen LogP contribution in [0.15, 0.2) is 4.99 Å². The Morgan fingerprint density at radius 2 is 1.81 bits per heavy atom. The molecule has 7 heteroatoms. The van der Waals surface area contributed by atoms with Crippen molar-refractivity contribution < 1.29 is 4.79 Å². The second kappa shape index (κ2) is 16.4. The molecular weight excluding hydrogens is 453 g/mol. The van der Waals surface area contributed by atoms with Crippen molar-refractivity contribution in [1.29, 1.82) is 0 Å². The fourth-order valence-electron chi connectivity index (χ4n) is 3.46. The molecule has 1 atom stereocenters. The molecule has 1 saturated heterocycles. The van der Waals surface area contributed by atoms with Gasteiger partial charge in [0.15, 0.2) is 5.96 Å². The first kappa shape index (κ1) is 26.4. The molecule has 0 radical (unpaired) electrons. The van der Waals surface area contributed by atoms with Crippen LogP contribution in [0.2, 0.25) is 0 Å². The van der Waals surface area contributed by atoms with Gasteiger partial charge in [0.1, 0.15) is 0 Å². The summed E-state index contributed by atoms with van der Waals surface area (Å²) in [5.74, 6) is 1.59. The van der Waals surface area contributed by atoms with E-state index in [1.54, 1.807) is 0 Å². The summed E-state index contributed by atoms with van der Waals surface area (Å²) in [7, 11) is 1.82. The first-order valence-corrected chi connectivity index (χ1v) is 10.5. The SMILES string of the molecule is CN=C(NCCCCCCC(C)C)NCCCN1CCCC(C(N)=O)C1.I. The van der Waals surface area contributed by atoms with Crippen molar-refractivity contribution in [2.45, 2.75) is 65.2 Å². The Bertz CT molecular complexity index is 417. The number of primary amides is 1. The Labute approximate surface area is 183 Å². The number of aliphatic imine (C=N–C) groups is 1. The van der Waals surface area contributed by atoms with Crippen LogP contribution in [0.5, 0.6) is 0 Å². The van der Waals surface area contributed by atoms with Crippen molar-refractivity contribution in [2.24, 2.45) is 22.6 Å². The minimum Gasteiger partial charge on any atom is -0.369 e. The first-order chi connectivity index (χ1) is 12.5. The molecule has 1 fully saturated rings. The van der Waals surface area contributed by atoms with Crippen LogP contribution in [0.3, 0.4) is 0 Å². The van der Waals surface area contributed by atoms with Crippen molar-refractivity contribution in [3.8, 4) is 0 Å². The molecule has 0 aromatic heterocycles. The first-order valence-electron chi connectivity index (χ1n) is 10.5. The topological polar surface area (TPSA) is 82.8 Å². The number of nitrogens with zero attached hydrogens (tertiary/aromatic N) is 2. The maximum Gasteiger partial charge on any atom is 0.221 e. The van der Waals surface area contributed by atoms with E-state index in [-0.39, 0.29) is 35.8 Å². The summed E-state index contributed by atoms with van der Waals surface area (Å²) >= 11 is 0. The number of nitrogens with two attached hydrogens (primary N) is 1. The van der Waals surface area contributed by atoms with Crippen LogP contribution < -0.4 is 16.4 Å². The van der Waals surface area contributed by atoms with Crippen LogP contribution in [0.4, 0.5) is 0 Å². The van der Waals surface area contributed by atoms with Crippen molar-refractivity contribution in [3.63, 3.8) is 0 Å². The minimum atomic E-state index is -0.151. The number of unbranched alkanes of at least 4 members (excludes halogenated alkanes) is 3. The molecule has 0 bridgehead atoms. The quantitative estimate of drug-likeness (QED) is 0.168. The van der Waals surface area contributed by atoms with E-state index in [2.05, 4.69) is 34.4 Å². The number of likely N-dealkylation sites (tertiary alicyclic amines) is 1. The van der Waals surface area contributed by atoms with Gasteiger partial charge in [-0.2, -0.15) is 0 Å². The lowest BCUT2D eigenvalue weighted by molar-refractivity contribution is -0.123. The molecule has 0 spiro atoms. The Morgan fingerprint density at radius 1 is 1.15 bits per heavy atom. The molecule has 0 aliphatic carbocycles. The number of hydrogen-bond donors (Lipinski definition) is 3. The number of nitrogens with one attached hydrogen (secondary N) is 2. The third kappa shape index (κ3) is 13.3. The summed E-state index contributed by atoms with van der Waals surface area (Å²) in [6.07, 6.45) is 9.55. The molecule has 4 N–H and O–H groups in total. The lowest BCUT2D eigenvalue weighted by Gasteiger charge is -2.31. The molecular formula is C20H42IN5O. The van der Waals surface area contributed by atoms with Crippen molar-refractivity contribution in [1.82, 2.24) is 15.5 Å². The number of carbonyl (C=O) groups is 1. The summed E-state index contributed by atoms with van der Waals surface area (Å²) in [6, 6.07) is 0. The zero-order valence-corrected chi connectivity index (χ0v) is 20.0. The maximum absolute atomic E-state index is 11.3. The van der Waals surface area contributed by atoms with Crippen LogP contribution in [0, 0.1) is 11.8 Å². The summed E-state index contributed by atoms with van der Waals surface area (Å²) in [5, 5.41) is 6.77. The molecule has 1 rings (SSSR count). The molecule has 0 aromatic rings. The number of guanidine groups is 1. The maximum atomic E-state index is 11.3. The average Bonchev–Trinajstić information content (AvgIpc) is 2.62. The molecule has 1 aliphatic rings. The molecule has 1 amide bonds. The van der Waals surface area contributed by atoms with Gasteiger partial charge in [0.25, 0.3) is 0 Å². The van der Waals surface area contributed by atoms with Crippen LogP contribution in [0.25, 0.3) is 0 Å². The highest BCUT2D eigenvalue weighted by Crippen LogP contribution is 2.15. The molecule has 1 unspecified atom stereocenters. The Kier molecular flexibility index (Phi) is 16.0. The zero-order chi connectivity index (χ0) is 19.2. The highest BCUT2D eigenvalue weighted by molar-refractivity contribution is 14.0. The van der Waals surface area contributed by atoms with Gasteiger partial charge in [-0.25, -0.2) is 0 Å². The highest BCUT2D eigenvalue weighted by atomic mass is 127. The molecule has 6 nitrogen and oxygen atoms in total. The van der Waals surface area contributed by atoms with Gasteiger partial charge >= 0.3 is 0 Å². The number of amides is 1. The highest BCUT2D eigenvalue weighted by Gasteiger charge is 2.23. The van der Waals surface area contributed by atoms with E-state index in [9.17, 15) is 4.79 Å². The normalized spacial score (nSPS) is 18.2. The zero-order valence-electron chi connectivity index (χ0n) is 17.6. The van der Waals surface area contributed by atoms with E-state index in [0.29, 0.717) is 0 Å². The molecule has 160 valence electrons. The van der Waals surface area contributed by atoms with Crippen molar-refractivity contribution in [2.75, 3.05) is 39.8 Å². The van der Waals surface area contributed by atoms with Crippen molar-refractivity contribution in [3.05, 3.63) is 0 Å². The molecule has 1 aliphatic heterocycles. The summed E-state index contributed by atoms with van der Waals surface area (Å²) in [5.41, 5.74) is 5.44. The van der Waals surface area contributed by atoms with E-state index in [4.69, 9.17) is 5.73 Å². The smallest absolute Gasteiger partial charge is 0.221 e. The van der Waals surface area contributed by atoms with Gasteiger partial charge in [-0.15, -0.1) is 24.0 Å². The predicted molar refractivity (Wildman–Crippen MR) is 126 cm³/mol. The molecule has 27 heavy (non-hydrogen) atoms. The van der Waals surface area contributed by atoms with Gasteiger partial charge in [0.2, 0.25) is 5.91 Å². The lowest BCUT2D eigenvalue weighted by Crippen LogP contribution is -2.43. The van der Waals surface area contributed by atoms with Gasteiger partial charge in [-0.3, -0.25) is 9.79 Å². The second-order valence-corrected chi connectivity index (χ2v) is 7.92. The number of halogens is 1. The standard InChI is InChI=1S/C20H41N5O.HI/c1-17(2)10-6-4-5-7-12-23-20(22-3)24-13-9-15-25-14-8-11-18(16-25)19(21)26;/h17-18H,4-16H2,1-3H3,(H2,21,26)(H2,22,23,24);1H. The Hall–Kier alpha value is -0.570. The Balaban J connectivity index is 0.00000676. The van der Waals surface area contributed by atoms with E-state index in [1.807, 2.05) is 7.05 Å². The number of rotatable bonds is 12. The van der Waals surface area contributed by atoms with E-state index in [1.165, 1.54) is 32.1 Å². The number of carbonyl (C=O) groups excluding carboxylic acids is 1. The molecule has 1 heterocycles. The third-order valence-corrected chi connectivity index (χ3v) is 5.08. The van der Waals surface area contributed by atoms with E-state index >= 15 is 0 Å². The molecule has 0 saturated carbocycles. The van der Waals surface area contributed by atoms with E-state index in [0.717, 1.165) is 63.9 Å². The summed E-state index contributed by atoms with van der Waals surface area (Å²) in [6.45, 7) is 9.35. The van der Waals surface area contributed by atoms with Gasteiger partial charge in [0, 0.05) is 26.7 Å². The summed E-state index contributed by atoms with van der Waals surface area (Å²) < 4.78 is 0. The van der Waals surface area contributed by atoms with Crippen LogP contribution >= 0.6 is 24.0 Å². The van der Waals surface area contributed by atoms with Gasteiger partial charge in [-0.1, -0.05) is 39.5 Å². The lowest BCUT2D eigenvalue weighted by atomic mass is 9.97. The van der Waals surface area contributed by atoms with Gasteiger partial charge < -0.3 is 21.3 Å². The third-order valence-electron chi connectivity index (χ3n) is 5.08. The van der Waals surface area contributed by atoms with Gasteiger partial charge in [-0.05, 0) is 44.7 Å². The van der Waals surface area contributed by atoms with Gasteiger partial charge in [0.05, 0.1) is 5.92 Å². The minimum absolute atomic E-state index is 0. The molecule has 0 aromatic carbocycles. The van der Waals surface area contributed by atoms with Crippen LogP contribution in [0.1, 0.15) is 65.2 Å². The average molecular weight is 495 g/mol. The predicted octanol–water partition coefficient (Wildman–Crippen LogP) is 2.96. The second-order valence-electron chi connectivity index (χ2n) is 7.92. The van der Waals surface area contributed by atoms with Crippen molar-refractivity contribution >= 4 is 35.8 Å². The largest absolute Gasteiger partial charge is 0.369 e. The monoisotopic (exact) mass is 495 g/mol. The number of piperidine rings is 1.